The number of hydrogen-bond donors (Lipinski definition) is 2. The molecule has 1 saturated heterocycles. The van der Waals surface area contributed by atoms with Gasteiger partial charge in [0.2, 0.25) is 11.8 Å². The standard InChI is InChI=1S/C14H24N2O3/c17-12-7-4-3-6-11(12)15-13(18)10-16-9-5-1-2-8-14(16)19/h11-12,17H,1-10H2,(H,15,18)/t11-,12-/m1/s1. The highest BCUT2D eigenvalue weighted by Gasteiger charge is 2.26. The van der Waals surface area contributed by atoms with E-state index in [1.54, 1.807) is 4.90 Å². The molecular weight excluding hydrogens is 244 g/mol. The van der Waals surface area contributed by atoms with Crippen LogP contribution in [-0.4, -0.2) is 47.1 Å². The highest BCUT2D eigenvalue weighted by molar-refractivity contribution is 5.85. The molecule has 2 amide bonds. The van der Waals surface area contributed by atoms with Gasteiger partial charge in [-0.3, -0.25) is 9.59 Å². The molecule has 0 aromatic rings. The van der Waals surface area contributed by atoms with Gasteiger partial charge in [0.25, 0.3) is 0 Å². The van der Waals surface area contributed by atoms with Crippen LogP contribution in [0.4, 0.5) is 0 Å². The van der Waals surface area contributed by atoms with Crippen LogP contribution in [-0.2, 0) is 9.59 Å². The summed E-state index contributed by atoms with van der Waals surface area (Å²) in [6.45, 7) is 0.821. The first-order valence-electron chi connectivity index (χ1n) is 7.42. The first kappa shape index (κ1) is 14.3. The van der Waals surface area contributed by atoms with Gasteiger partial charge in [0.1, 0.15) is 0 Å². The lowest BCUT2D eigenvalue weighted by atomic mass is 9.92. The number of amides is 2. The van der Waals surface area contributed by atoms with Crippen LogP contribution in [0.15, 0.2) is 0 Å². The zero-order valence-corrected chi connectivity index (χ0v) is 11.4. The van der Waals surface area contributed by atoms with Gasteiger partial charge in [-0.1, -0.05) is 19.3 Å². The third-order valence-electron chi connectivity index (χ3n) is 4.08. The highest BCUT2D eigenvalue weighted by Crippen LogP contribution is 2.18. The topological polar surface area (TPSA) is 69.6 Å². The smallest absolute Gasteiger partial charge is 0.239 e. The number of likely N-dealkylation sites (tertiary alicyclic amines) is 1. The Balaban J connectivity index is 1.81. The van der Waals surface area contributed by atoms with Crippen molar-refractivity contribution in [2.24, 2.45) is 0 Å². The fourth-order valence-electron chi connectivity index (χ4n) is 2.91. The number of nitrogens with zero attached hydrogens (tertiary/aromatic N) is 1. The Bertz CT molecular complexity index is 333. The first-order valence-corrected chi connectivity index (χ1v) is 7.42. The van der Waals surface area contributed by atoms with Crippen molar-refractivity contribution in [3.05, 3.63) is 0 Å². The SMILES string of the molecule is O=C(CN1CCCCCC1=O)N[C@@H]1CCCC[C@H]1O. The molecule has 2 atom stereocenters. The molecule has 1 saturated carbocycles. The molecule has 0 aromatic carbocycles. The summed E-state index contributed by atoms with van der Waals surface area (Å²) in [5, 5.41) is 12.7. The quantitative estimate of drug-likeness (QED) is 0.796. The maximum Gasteiger partial charge on any atom is 0.239 e. The van der Waals surface area contributed by atoms with Crippen LogP contribution in [0.5, 0.6) is 0 Å². The summed E-state index contributed by atoms with van der Waals surface area (Å²) in [5.74, 6) is -0.0574. The molecule has 2 fully saturated rings. The third-order valence-corrected chi connectivity index (χ3v) is 4.08. The van der Waals surface area contributed by atoms with E-state index in [-0.39, 0.29) is 24.4 Å². The largest absolute Gasteiger partial charge is 0.391 e. The molecule has 1 heterocycles. The number of aliphatic hydroxyl groups excluding tert-OH is 1. The van der Waals surface area contributed by atoms with Crippen LogP contribution in [0, 0.1) is 0 Å². The van der Waals surface area contributed by atoms with Gasteiger partial charge < -0.3 is 15.3 Å². The van der Waals surface area contributed by atoms with E-state index in [0.717, 1.165) is 44.9 Å². The van der Waals surface area contributed by atoms with E-state index in [1.807, 2.05) is 0 Å². The average Bonchev–Trinajstić information content (AvgIpc) is 2.58. The van der Waals surface area contributed by atoms with E-state index in [0.29, 0.717) is 13.0 Å². The molecule has 0 aromatic heterocycles. The Morgan fingerprint density at radius 1 is 1.21 bits per heavy atom. The zero-order chi connectivity index (χ0) is 13.7. The molecule has 2 N–H and O–H groups in total. The number of carbonyl (C=O) groups is 2. The van der Waals surface area contributed by atoms with Gasteiger partial charge in [-0.05, 0) is 25.7 Å². The summed E-state index contributed by atoms with van der Waals surface area (Å²) >= 11 is 0. The highest BCUT2D eigenvalue weighted by atomic mass is 16.3. The lowest BCUT2D eigenvalue weighted by molar-refractivity contribution is -0.136. The van der Waals surface area contributed by atoms with Crippen molar-refractivity contribution in [3.8, 4) is 0 Å². The third kappa shape index (κ3) is 4.20. The molecule has 5 heteroatoms. The van der Waals surface area contributed by atoms with Crippen LogP contribution in [0.3, 0.4) is 0 Å². The molecular formula is C14H24N2O3. The van der Waals surface area contributed by atoms with Crippen molar-refractivity contribution >= 4 is 11.8 Å². The number of hydrogen-bond acceptors (Lipinski definition) is 3. The fraction of sp³-hybridized carbons (Fsp3) is 0.857. The van der Waals surface area contributed by atoms with Crippen LogP contribution in [0.1, 0.15) is 51.4 Å². The van der Waals surface area contributed by atoms with E-state index < -0.39 is 6.10 Å². The minimum absolute atomic E-state index is 0.0804. The van der Waals surface area contributed by atoms with Gasteiger partial charge in [0, 0.05) is 13.0 Å². The van der Waals surface area contributed by atoms with Gasteiger partial charge in [-0.15, -0.1) is 0 Å². The van der Waals surface area contributed by atoms with Gasteiger partial charge in [-0.25, -0.2) is 0 Å². The minimum atomic E-state index is -0.433. The van der Waals surface area contributed by atoms with Gasteiger partial charge in [0.05, 0.1) is 18.7 Å². The van der Waals surface area contributed by atoms with Crippen LogP contribution < -0.4 is 5.32 Å². The van der Waals surface area contributed by atoms with E-state index in [4.69, 9.17) is 0 Å². The molecule has 0 bridgehead atoms. The summed E-state index contributed by atoms with van der Waals surface area (Å²) in [6.07, 6.45) is 6.75. The van der Waals surface area contributed by atoms with E-state index in [2.05, 4.69) is 5.32 Å². The molecule has 1 aliphatic heterocycles. The second-order valence-corrected chi connectivity index (χ2v) is 5.65. The average molecular weight is 268 g/mol. The molecule has 5 nitrogen and oxygen atoms in total. The van der Waals surface area contributed by atoms with Crippen LogP contribution >= 0.6 is 0 Å². The molecule has 1 aliphatic carbocycles. The summed E-state index contributed by atoms with van der Waals surface area (Å²) in [7, 11) is 0. The Labute approximate surface area is 114 Å². The summed E-state index contributed by atoms with van der Waals surface area (Å²) in [6, 6.07) is -0.136. The Morgan fingerprint density at radius 3 is 2.79 bits per heavy atom. The zero-order valence-electron chi connectivity index (χ0n) is 11.4. The van der Waals surface area contributed by atoms with Crippen molar-refractivity contribution < 1.29 is 14.7 Å². The Hall–Kier alpha value is -1.10. The molecule has 108 valence electrons. The van der Waals surface area contributed by atoms with E-state index in [1.165, 1.54) is 0 Å². The molecule has 2 rings (SSSR count). The van der Waals surface area contributed by atoms with Crippen molar-refractivity contribution in [3.63, 3.8) is 0 Å². The lowest BCUT2D eigenvalue weighted by Gasteiger charge is -2.29. The van der Waals surface area contributed by atoms with Gasteiger partial charge >= 0.3 is 0 Å². The van der Waals surface area contributed by atoms with Gasteiger partial charge in [0.15, 0.2) is 0 Å². The second-order valence-electron chi connectivity index (χ2n) is 5.65. The van der Waals surface area contributed by atoms with Crippen molar-refractivity contribution in [2.75, 3.05) is 13.1 Å². The fourth-order valence-corrected chi connectivity index (χ4v) is 2.91. The monoisotopic (exact) mass is 268 g/mol. The molecule has 0 radical (unpaired) electrons. The number of nitrogens with one attached hydrogen (secondary N) is 1. The van der Waals surface area contributed by atoms with Crippen molar-refractivity contribution in [1.82, 2.24) is 10.2 Å². The van der Waals surface area contributed by atoms with Gasteiger partial charge in [-0.2, -0.15) is 0 Å². The Kier molecular flexibility index (Phi) is 5.19. The molecule has 19 heavy (non-hydrogen) atoms. The number of aliphatic hydroxyl groups is 1. The van der Waals surface area contributed by atoms with Crippen LogP contribution in [0.25, 0.3) is 0 Å². The van der Waals surface area contributed by atoms with E-state index >= 15 is 0 Å². The minimum Gasteiger partial charge on any atom is -0.391 e. The first-order chi connectivity index (χ1) is 9.16. The Morgan fingerprint density at radius 2 is 2.00 bits per heavy atom. The molecule has 0 spiro atoms. The second kappa shape index (κ2) is 6.89. The summed E-state index contributed by atoms with van der Waals surface area (Å²) in [4.78, 5) is 25.4. The molecule has 2 aliphatic rings. The van der Waals surface area contributed by atoms with E-state index in [9.17, 15) is 14.7 Å². The molecule has 0 unspecified atom stereocenters. The lowest BCUT2D eigenvalue weighted by Crippen LogP contribution is -2.49. The maximum atomic E-state index is 12.0. The number of carbonyl (C=O) groups excluding carboxylic acids is 2. The summed E-state index contributed by atoms with van der Waals surface area (Å²) in [5.41, 5.74) is 0. The maximum absolute atomic E-state index is 12.0. The van der Waals surface area contributed by atoms with Crippen molar-refractivity contribution in [2.45, 2.75) is 63.5 Å². The van der Waals surface area contributed by atoms with Crippen molar-refractivity contribution in [1.29, 1.82) is 0 Å². The number of rotatable bonds is 3. The predicted molar refractivity (Wildman–Crippen MR) is 71.5 cm³/mol. The predicted octanol–water partition coefficient (Wildman–Crippen LogP) is 0.809. The normalized spacial score (nSPS) is 28.9. The summed E-state index contributed by atoms with van der Waals surface area (Å²) < 4.78 is 0. The van der Waals surface area contributed by atoms with Crippen LogP contribution in [0.2, 0.25) is 0 Å².